The SMILES string of the molecule is CC(CC(C)[N-]c1c(F)cccc1C(F)(F)F)[N-]c1c(F)cccc1C(F)(F)F.[CH3-].[Cu]. The van der Waals surface area contributed by atoms with Gasteiger partial charge in [-0.1, -0.05) is 55.9 Å². The van der Waals surface area contributed by atoms with Crippen LogP contribution in [0.15, 0.2) is 36.4 Å². The Labute approximate surface area is 185 Å². The van der Waals surface area contributed by atoms with Crippen molar-refractivity contribution in [3.63, 3.8) is 0 Å². The number of para-hydroxylation sites is 2. The zero-order valence-electron chi connectivity index (χ0n) is 16.5. The third kappa shape index (κ3) is 7.57. The van der Waals surface area contributed by atoms with Gasteiger partial charge in [-0.3, -0.25) is 0 Å². The molecule has 2 nitrogen and oxygen atoms in total. The van der Waals surface area contributed by atoms with Crippen molar-refractivity contribution in [3.8, 4) is 0 Å². The number of halogens is 8. The Morgan fingerprint density at radius 3 is 1.32 bits per heavy atom. The predicted octanol–water partition coefficient (Wildman–Crippen LogP) is 8.33. The van der Waals surface area contributed by atoms with E-state index in [4.69, 9.17) is 0 Å². The van der Waals surface area contributed by atoms with E-state index in [1.165, 1.54) is 13.8 Å². The van der Waals surface area contributed by atoms with Gasteiger partial charge in [0, 0.05) is 28.2 Å². The van der Waals surface area contributed by atoms with Crippen molar-refractivity contribution in [2.45, 2.75) is 44.7 Å². The van der Waals surface area contributed by atoms with Gasteiger partial charge in [-0.15, -0.1) is 12.1 Å². The van der Waals surface area contributed by atoms with Crippen LogP contribution in [0.1, 0.15) is 31.4 Å². The molecule has 0 N–H and O–H groups in total. The Hall–Kier alpha value is -2.00. The summed E-state index contributed by atoms with van der Waals surface area (Å²) in [5, 5.41) is 7.46. The zero-order chi connectivity index (χ0) is 22.0. The Bertz CT molecular complexity index is 783. The number of rotatable bonds is 6. The average molecular weight is 503 g/mol. The van der Waals surface area contributed by atoms with Crippen LogP contribution in [-0.4, -0.2) is 12.1 Å². The molecule has 31 heavy (non-hydrogen) atoms. The molecule has 1 radical (unpaired) electrons. The Balaban J connectivity index is 0.00000450. The molecule has 0 aliphatic rings. The summed E-state index contributed by atoms with van der Waals surface area (Å²) in [5.74, 6) is -2.35. The standard InChI is InChI=1S/C19H16F8N2.CH3.Cu/c1-10(28-16-12(18(22,23)24)5-3-7-14(16)20)9-11(2)29-17-13(19(25,26)27)6-4-8-15(17)21;;/h3-8,10-11H,9H2,1-2H3;1H3;/q-2;-1;. The van der Waals surface area contributed by atoms with Crippen LogP contribution in [-0.2, 0) is 29.4 Å². The van der Waals surface area contributed by atoms with Gasteiger partial charge in [0.25, 0.3) is 0 Å². The summed E-state index contributed by atoms with van der Waals surface area (Å²) in [6, 6.07) is 2.95. The first-order chi connectivity index (χ1) is 13.3. The first-order valence-electron chi connectivity index (χ1n) is 8.43. The number of alkyl halides is 6. The summed E-state index contributed by atoms with van der Waals surface area (Å²) >= 11 is 0. The molecule has 179 valence electrons. The van der Waals surface area contributed by atoms with E-state index >= 15 is 0 Å². The summed E-state index contributed by atoms with van der Waals surface area (Å²) < 4.78 is 106. The van der Waals surface area contributed by atoms with E-state index in [2.05, 4.69) is 10.6 Å². The summed E-state index contributed by atoms with van der Waals surface area (Å²) in [5.41, 5.74) is -4.30. The molecule has 0 saturated carbocycles. The van der Waals surface area contributed by atoms with Crippen LogP contribution in [0.25, 0.3) is 10.6 Å². The number of hydrogen-bond donors (Lipinski definition) is 0. The maximum atomic E-state index is 13.9. The van der Waals surface area contributed by atoms with Crippen LogP contribution in [0.5, 0.6) is 0 Å². The maximum absolute atomic E-state index is 13.9. The van der Waals surface area contributed by atoms with Crippen molar-refractivity contribution in [2.75, 3.05) is 0 Å². The van der Waals surface area contributed by atoms with E-state index < -0.39 is 58.6 Å². The van der Waals surface area contributed by atoms with Crippen LogP contribution in [0.2, 0.25) is 0 Å². The van der Waals surface area contributed by atoms with E-state index in [0.717, 1.165) is 24.3 Å². The monoisotopic (exact) mass is 502 g/mol. The van der Waals surface area contributed by atoms with E-state index in [9.17, 15) is 35.1 Å². The minimum absolute atomic E-state index is 0. The second kappa shape index (κ2) is 11.0. The molecular weight excluding hydrogens is 484 g/mol. The van der Waals surface area contributed by atoms with E-state index in [1.807, 2.05) is 0 Å². The Morgan fingerprint density at radius 1 is 0.710 bits per heavy atom. The first-order valence-corrected chi connectivity index (χ1v) is 8.43. The molecule has 0 aliphatic carbocycles. The molecular formula is C20H19CuF8N2-3. The molecule has 2 unspecified atom stereocenters. The van der Waals surface area contributed by atoms with Gasteiger partial charge in [0.05, 0.1) is 0 Å². The fraction of sp³-hybridized carbons (Fsp3) is 0.350. The normalized spacial score (nSPS) is 13.5. The van der Waals surface area contributed by atoms with Crippen LogP contribution in [0, 0.1) is 19.1 Å². The molecule has 2 atom stereocenters. The van der Waals surface area contributed by atoms with Gasteiger partial charge in [0.1, 0.15) is 11.6 Å². The molecule has 0 heterocycles. The maximum Gasteiger partial charge on any atom is 0.415 e. The van der Waals surface area contributed by atoms with E-state index in [1.54, 1.807) is 0 Å². The van der Waals surface area contributed by atoms with E-state index in [0.29, 0.717) is 12.1 Å². The van der Waals surface area contributed by atoms with Crippen LogP contribution < -0.4 is 0 Å². The molecule has 0 saturated heterocycles. The van der Waals surface area contributed by atoms with Gasteiger partial charge in [0.15, 0.2) is 0 Å². The van der Waals surface area contributed by atoms with Gasteiger partial charge >= 0.3 is 12.4 Å². The summed E-state index contributed by atoms with van der Waals surface area (Å²) in [6.45, 7) is 2.73. The molecule has 11 heteroatoms. The summed E-state index contributed by atoms with van der Waals surface area (Å²) in [7, 11) is 0. The Kier molecular flexibility index (Phi) is 10.3. The molecule has 0 bridgehead atoms. The molecule has 2 aromatic rings. The van der Waals surface area contributed by atoms with Crippen LogP contribution >= 0.6 is 0 Å². The van der Waals surface area contributed by atoms with Crippen LogP contribution in [0.4, 0.5) is 46.5 Å². The van der Waals surface area contributed by atoms with Gasteiger partial charge in [-0.2, -0.15) is 26.3 Å². The topological polar surface area (TPSA) is 28.2 Å². The zero-order valence-corrected chi connectivity index (χ0v) is 17.5. The molecule has 0 aliphatic heterocycles. The fourth-order valence-corrected chi connectivity index (χ4v) is 2.79. The van der Waals surface area contributed by atoms with E-state index in [-0.39, 0.29) is 30.9 Å². The van der Waals surface area contributed by atoms with Crippen molar-refractivity contribution < 1.29 is 52.2 Å². The molecule has 0 spiro atoms. The fourth-order valence-electron chi connectivity index (χ4n) is 2.79. The molecule has 0 amide bonds. The smallest absolute Gasteiger partial charge is 0.415 e. The third-order valence-corrected chi connectivity index (χ3v) is 3.97. The summed E-state index contributed by atoms with van der Waals surface area (Å²) in [4.78, 5) is 0. The quantitative estimate of drug-likeness (QED) is 0.216. The van der Waals surface area contributed by atoms with Crippen molar-refractivity contribution in [1.82, 2.24) is 0 Å². The van der Waals surface area contributed by atoms with Gasteiger partial charge < -0.3 is 18.1 Å². The second-order valence-corrected chi connectivity index (χ2v) is 6.46. The number of hydrogen-bond acceptors (Lipinski definition) is 0. The molecule has 2 aromatic carbocycles. The number of benzene rings is 2. The largest absolute Gasteiger partial charge is 0.679 e. The third-order valence-electron chi connectivity index (χ3n) is 3.97. The first kappa shape index (κ1) is 29.0. The van der Waals surface area contributed by atoms with Gasteiger partial charge in [0.2, 0.25) is 0 Å². The minimum Gasteiger partial charge on any atom is -0.679 e. The Morgan fingerprint density at radius 2 is 1.03 bits per heavy atom. The molecule has 0 aromatic heterocycles. The van der Waals surface area contributed by atoms with Crippen LogP contribution in [0.3, 0.4) is 0 Å². The summed E-state index contributed by atoms with van der Waals surface area (Å²) in [6.07, 6.45) is -9.78. The minimum atomic E-state index is -4.83. The van der Waals surface area contributed by atoms with Crippen molar-refractivity contribution in [2.24, 2.45) is 0 Å². The molecule has 2 rings (SSSR count). The second-order valence-electron chi connectivity index (χ2n) is 6.46. The molecule has 0 fully saturated rings. The predicted molar refractivity (Wildman–Crippen MR) is 98.8 cm³/mol. The van der Waals surface area contributed by atoms with Gasteiger partial charge in [-0.05, 0) is 12.1 Å². The number of nitrogens with zero attached hydrogens (tertiary/aromatic N) is 2. The average Bonchev–Trinajstić information content (AvgIpc) is 2.56. The van der Waals surface area contributed by atoms with Crippen molar-refractivity contribution in [3.05, 3.63) is 77.2 Å². The van der Waals surface area contributed by atoms with Crippen molar-refractivity contribution >= 4 is 11.4 Å². The van der Waals surface area contributed by atoms with Crippen molar-refractivity contribution in [1.29, 1.82) is 0 Å². The van der Waals surface area contributed by atoms with Gasteiger partial charge in [-0.25, -0.2) is 8.78 Å².